The summed E-state index contributed by atoms with van der Waals surface area (Å²) in [5.41, 5.74) is 0.610. The van der Waals surface area contributed by atoms with E-state index in [0.717, 1.165) is 19.4 Å². The van der Waals surface area contributed by atoms with Crippen LogP contribution in [0.25, 0.3) is 0 Å². The predicted molar refractivity (Wildman–Crippen MR) is 93.6 cm³/mol. The van der Waals surface area contributed by atoms with Crippen LogP contribution in [0.5, 0.6) is 5.75 Å². The highest BCUT2D eigenvalue weighted by Crippen LogP contribution is 2.42. The molecule has 0 spiro atoms. The minimum Gasteiger partial charge on any atom is -0.489 e. The van der Waals surface area contributed by atoms with Crippen molar-refractivity contribution in [1.82, 2.24) is 5.32 Å². The number of hydrogen-bond donors (Lipinski definition) is 1. The molecular weight excluding hydrogens is 398 g/mol. The molecule has 4 rings (SSSR count). The first-order chi connectivity index (χ1) is 13.7. The van der Waals surface area contributed by atoms with Crippen molar-refractivity contribution in [3.05, 3.63) is 17.9 Å². The van der Waals surface area contributed by atoms with E-state index in [4.69, 9.17) is 9.47 Å². The van der Waals surface area contributed by atoms with E-state index in [2.05, 4.69) is 5.32 Å². The Balaban J connectivity index is 1.43. The first kappa shape index (κ1) is 19.6. The molecule has 2 saturated heterocycles. The van der Waals surface area contributed by atoms with Gasteiger partial charge in [-0.25, -0.2) is 9.18 Å². The maximum atomic E-state index is 14.8. The lowest BCUT2D eigenvalue weighted by Gasteiger charge is -2.34. The average molecular weight is 417 g/mol. The van der Waals surface area contributed by atoms with Gasteiger partial charge in [0.1, 0.15) is 30.6 Å². The zero-order valence-electron chi connectivity index (χ0n) is 15.3. The summed E-state index contributed by atoms with van der Waals surface area (Å²) in [6, 6.07) is 2.91. The molecule has 2 fully saturated rings. The minimum absolute atomic E-state index is 0.0320. The standard InChI is InChI=1S/C18H19F4N3O4/c19-13-4-11(5-14-16(13)24-3-1-2-10(24)9-28-14)25-8-12(29-17(25)27)7-23-15(26)6-18(20,21)22/h4-5,10,12H,1-3,6-9H2,(H,23,26)/t10-,12-/m0/s1. The minimum atomic E-state index is -4.61. The van der Waals surface area contributed by atoms with Gasteiger partial charge < -0.3 is 19.7 Å². The summed E-state index contributed by atoms with van der Waals surface area (Å²) in [7, 11) is 0. The Hall–Kier alpha value is -2.72. The van der Waals surface area contributed by atoms with Crippen LogP contribution in [0.15, 0.2) is 12.1 Å². The molecule has 11 heteroatoms. The second-order valence-corrected chi connectivity index (χ2v) is 7.29. The van der Waals surface area contributed by atoms with Gasteiger partial charge in [0.05, 0.1) is 24.8 Å². The fourth-order valence-electron chi connectivity index (χ4n) is 3.91. The molecule has 29 heavy (non-hydrogen) atoms. The number of carbonyl (C=O) groups excluding carboxylic acids is 2. The molecule has 0 aliphatic carbocycles. The third-order valence-corrected chi connectivity index (χ3v) is 5.18. The predicted octanol–water partition coefficient (Wildman–Crippen LogP) is 2.58. The fourth-order valence-corrected chi connectivity index (χ4v) is 3.91. The molecular formula is C18H19F4N3O4. The van der Waals surface area contributed by atoms with E-state index in [1.165, 1.54) is 11.0 Å². The van der Waals surface area contributed by atoms with Gasteiger partial charge in [-0.15, -0.1) is 0 Å². The number of anilines is 2. The van der Waals surface area contributed by atoms with Crippen molar-refractivity contribution in [2.45, 2.75) is 37.6 Å². The van der Waals surface area contributed by atoms with Crippen LogP contribution in [0.3, 0.4) is 0 Å². The van der Waals surface area contributed by atoms with Crippen LogP contribution in [-0.2, 0) is 9.53 Å². The van der Waals surface area contributed by atoms with Crippen LogP contribution in [-0.4, -0.2) is 56.6 Å². The van der Waals surface area contributed by atoms with Gasteiger partial charge in [0, 0.05) is 18.7 Å². The lowest BCUT2D eigenvalue weighted by molar-refractivity contribution is -0.154. The Labute approximate surface area is 163 Å². The molecule has 0 saturated carbocycles. The molecule has 2 atom stereocenters. The van der Waals surface area contributed by atoms with Crippen molar-refractivity contribution >= 4 is 23.4 Å². The van der Waals surface area contributed by atoms with Crippen LogP contribution in [0.2, 0.25) is 0 Å². The number of amides is 2. The van der Waals surface area contributed by atoms with Crippen molar-refractivity contribution in [2.75, 3.05) is 36.0 Å². The first-order valence-corrected chi connectivity index (χ1v) is 9.26. The van der Waals surface area contributed by atoms with Crippen molar-refractivity contribution in [2.24, 2.45) is 0 Å². The number of nitrogens with one attached hydrogen (secondary N) is 1. The van der Waals surface area contributed by atoms with Crippen LogP contribution in [0.4, 0.5) is 33.7 Å². The molecule has 3 aliphatic heterocycles. The van der Waals surface area contributed by atoms with Crippen molar-refractivity contribution in [3.8, 4) is 5.75 Å². The number of nitrogens with zero attached hydrogens (tertiary/aromatic N) is 2. The normalized spacial score (nSPS) is 23.4. The van der Waals surface area contributed by atoms with E-state index < -0.39 is 36.5 Å². The topological polar surface area (TPSA) is 71.1 Å². The summed E-state index contributed by atoms with van der Waals surface area (Å²) >= 11 is 0. The molecule has 0 radical (unpaired) electrons. The molecule has 1 N–H and O–H groups in total. The maximum absolute atomic E-state index is 14.8. The largest absolute Gasteiger partial charge is 0.489 e. The summed E-state index contributed by atoms with van der Waals surface area (Å²) in [4.78, 5) is 26.6. The van der Waals surface area contributed by atoms with Gasteiger partial charge in [0.25, 0.3) is 0 Å². The molecule has 2 amide bonds. The number of ether oxygens (including phenoxy) is 2. The summed E-state index contributed by atoms with van der Waals surface area (Å²) in [6.07, 6.45) is -5.95. The van der Waals surface area contributed by atoms with Gasteiger partial charge in [-0.05, 0) is 12.8 Å². The number of halogens is 4. The number of fused-ring (bicyclic) bond motifs is 3. The Morgan fingerprint density at radius 2 is 2.10 bits per heavy atom. The first-order valence-electron chi connectivity index (χ1n) is 9.26. The van der Waals surface area contributed by atoms with Crippen LogP contribution < -0.4 is 19.9 Å². The van der Waals surface area contributed by atoms with Crippen molar-refractivity contribution in [1.29, 1.82) is 0 Å². The summed E-state index contributed by atoms with van der Waals surface area (Å²) in [5.74, 6) is -1.38. The number of alkyl halides is 3. The van der Waals surface area contributed by atoms with Crippen LogP contribution in [0.1, 0.15) is 19.3 Å². The van der Waals surface area contributed by atoms with Gasteiger partial charge in [0.15, 0.2) is 5.82 Å². The monoisotopic (exact) mass is 417 g/mol. The Bertz CT molecular complexity index is 832. The van der Waals surface area contributed by atoms with E-state index in [0.29, 0.717) is 18.0 Å². The molecule has 1 aromatic carbocycles. The van der Waals surface area contributed by atoms with Crippen molar-refractivity contribution in [3.63, 3.8) is 0 Å². The molecule has 7 nitrogen and oxygen atoms in total. The highest BCUT2D eigenvalue weighted by molar-refractivity contribution is 5.91. The van der Waals surface area contributed by atoms with E-state index in [1.807, 2.05) is 4.90 Å². The molecule has 0 unspecified atom stereocenters. The SMILES string of the molecule is O=C(CC(F)(F)F)NC[C@H]1CN(c2cc(F)c3c(c2)OC[C@@H]2CCCN32)C(=O)O1. The van der Waals surface area contributed by atoms with Crippen LogP contribution >= 0.6 is 0 Å². The Morgan fingerprint density at radius 3 is 2.86 bits per heavy atom. The zero-order valence-corrected chi connectivity index (χ0v) is 15.3. The Morgan fingerprint density at radius 1 is 1.31 bits per heavy atom. The number of cyclic esters (lactones) is 1. The summed E-state index contributed by atoms with van der Waals surface area (Å²) in [6.45, 7) is 0.878. The van der Waals surface area contributed by atoms with E-state index in [1.54, 1.807) is 6.07 Å². The maximum Gasteiger partial charge on any atom is 0.414 e. The molecule has 0 aromatic heterocycles. The van der Waals surface area contributed by atoms with Gasteiger partial charge >= 0.3 is 12.3 Å². The second-order valence-electron chi connectivity index (χ2n) is 7.29. The lowest BCUT2D eigenvalue weighted by atomic mass is 10.1. The smallest absolute Gasteiger partial charge is 0.414 e. The fraction of sp³-hybridized carbons (Fsp3) is 0.556. The summed E-state index contributed by atoms with van der Waals surface area (Å²) in [5, 5.41) is 2.09. The number of rotatable bonds is 4. The number of benzene rings is 1. The molecule has 3 heterocycles. The number of hydrogen-bond acceptors (Lipinski definition) is 5. The number of carbonyl (C=O) groups is 2. The van der Waals surface area contributed by atoms with Crippen molar-refractivity contribution < 1.29 is 36.6 Å². The molecule has 1 aromatic rings. The lowest BCUT2D eigenvalue weighted by Crippen LogP contribution is -2.39. The Kier molecular flexibility index (Phi) is 4.91. The second kappa shape index (κ2) is 7.27. The summed E-state index contributed by atoms with van der Waals surface area (Å²) < 4.78 is 62.2. The molecule has 3 aliphatic rings. The van der Waals surface area contributed by atoms with Gasteiger partial charge in [-0.3, -0.25) is 9.69 Å². The quantitative estimate of drug-likeness (QED) is 0.763. The van der Waals surface area contributed by atoms with E-state index >= 15 is 0 Å². The van der Waals surface area contributed by atoms with E-state index in [-0.39, 0.29) is 24.8 Å². The van der Waals surface area contributed by atoms with Gasteiger partial charge in [0.2, 0.25) is 5.91 Å². The highest BCUT2D eigenvalue weighted by Gasteiger charge is 2.38. The average Bonchev–Trinajstić information content (AvgIpc) is 3.24. The van der Waals surface area contributed by atoms with Crippen LogP contribution in [0, 0.1) is 5.82 Å². The van der Waals surface area contributed by atoms with E-state index in [9.17, 15) is 27.2 Å². The highest BCUT2D eigenvalue weighted by atomic mass is 19.4. The van der Waals surface area contributed by atoms with Gasteiger partial charge in [-0.1, -0.05) is 0 Å². The third kappa shape index (κ3) is 4.03. The zero-order chi connectivity index (χ0) is 20.8. The van der Waals surface area contributed by atoms with Gasteiger partial charge in [-0.2, -0.15) is 13.2 Å². The molecule has 158 valence electrons. The molecule has 0 bridgehead atoms. The third-order valence-electron chi connectivity index (χ3n) is 5.18.